The predicted molar refractivity (Wildman–Crippen MR) is 59.8 cm³/mol. The van der Waals surface area contributed by atoms with Crippen molar-refractivity contribution in [3.8, 4) is 6.19 Å². The molecule has 0 radical (unpaired) electrons. The molecule has 1 aromatic carbocycles. The van der Waals surface area contributed by atoms with Crippen molar-refractivity contribution in [1.82, 2.24) is 5.32 Å². The Morgan fingerprint density at radius 3 is 2.87 bits per heavy atom. The summed E-state index contributed by atoms with van der Waals surface area (Å²) in [6.07, 6.45) is 1.64. The molecule has 0 saturated carbocycles. The van der Waals surface area contributed by atoms with E-state index in [1.165, 1.54) is 6.07 Å². The van der Waals surface area contributed by atoms with Gasteiger partial charge in [0.25, 0.3) is 0 Å². The van der Waals surface area contributed by atoms with Crippen LogP contribution >= 0.6 is 15.9 Å². The van der Waals surface area contributed by atoms with Gasteiger partial charge in [0.15, 0.2) is 0 Å². The number of rotatable bonds is 1. The lowest BCUT2D eigenvalue weighted by Gasteiger charge is -2.07. The fourth-order valence-corrected chi connectivity index (χ4v) is 1.29. The highest BCUT2D eigenvalue weighted by Crippen LogP contribution is 2.19. The van der Waals surface area contributed by atoms with E-state index in [4.69, 9.17) is 5.26 Å². The largest absolute Gasteiger partial charge is 0.358 e. The van der Waals surface area contributed by atoms with E-state index >= 15 is 0 Å². The molecule has 0 aromatic heterocycles. The number of hydrogen-bond acceptors (Lipinski definition) is 2. The Morgan fingerprint density at radius 1 is 1.60 bits per heavy atom. The lowest BCUT2D eigenvalue weighted by molar-refractivity contribution is 0.621. The minimum atomic E-state index is -0.344. The van der Waals surface area contributed by atoms with Crippen LogP contribution in [0.3, 0.4) is 0 Å². The third-order valence-electron chi connectivity index (χ3n) is 1.58. The standard InChI is InChI=1S/C9H8BrFN4/c1-13-9(14-5-12)15-6-2-3-8(11)7(10)4-6/h2-4H,1H3,(H2,13,14,15). The summed E-state index contributed by atoms with van der Waals surface area (Å²) in [5.41, 5.74) is 0.631. The van der Waals surface area contributed by atoms with Gasteiger partial charge in [0.05, 0.1) is 4.47 Å². The topological polar surface area (TPSA) is 60.2 Å². The minimum Gasteiger partial charge on any atom is -0.358 e. The van der Waals surface area contributed by atoms with Crippen molar-refractivity contribution in [3.63, 3.8) is 0 Å². The third-order valence-corrected chi connectivity index (χ3v) is 2.19. The second kappa shape index (κ2) is 5.32. The number of guanidine groups is 1. The molecular formula is C9H8BrFN4. The van der Waals surface area contributed by atoms with E-state index in [2.05, 4.69) is 31.6 Å². The van der Waals surface area contributed by atoms with Crippen LogP contribution in [0.1, 0.15) is 0 Å². The van der Waals surface area contributed by atoms with Gasteiger partial charge in [-0.3, -0.25) is 0 Å². The first-order valence-corrected chi connectivity index (χ1v) is 4.83. The van der Waals surface area contributed by atoms with Gasteiger partial charge < -0.3 is 10.6 Å². The average molecular weight is 271 g/mol. The smallest absolute Gasteiger partial charge is 0.211 e. The van der Waals surface area contributed by atoms with Crippen LogP contribution in [0.4, 0.5) is 10.1 Å². The summed E-state index contributed by atoms with van der Waals surface area (Å²) in [5, 5.41) is 13.9. The quantitative estimate of drug-likeness (QED) is 0.467. The molecule has 15 heavy (non-hydrogen) atoms. The molecule has 0 aliphatic heterocycles. The molecule has 2 N–H and O–H groups in total. The number of nitriles is 1. The van der Waals surface area contributed by atoms with Gasteiger partial charge >= 0.3 is 0 Å². The van der Waals surface area contributed by atoms with Gasteiger partial charge in [-0.1, -0.05) is 0 Å². The van der Waals surface area contributed by atoms with Crippen LogP contribution in [0.5, 0.6) is 0 Å². The van der Waals surface area contributed by atoms with Gasteiger partial charge in [-0.2, -0.15) is 5.26 Å². The highest BCUT2D eigenvalue weighted by molar-refractivity contribution is 9.10. The van der Waals surface area contributed by atoms with Gasteiger partial charge in [-0.15, -0.1) is 4.99 Å². The van der Waals surface area contributed by atoms with Crippen LogP contribution in [0, 0.1) is 17.3 Å². The number of nitrogens with one attached hydrogen (secondary N) is 2. The van der Waals surface area contributed by atoms with Crippen molar-refractivity contribution in [2.75, 3.05) is 12.4 Å². The molecule has 0 amide bonds. The second-order valence-corrected chi connectivity index (χ2v) is 3.42. The Hall–Kier alpha value is -1.61. The molecule has 0 aliphatic carbocycles. The fraction of sp³-hybridized carbons (Fsp3) is 0.111. The van der Waals surface area contributed by atoms with E-state index in [0.717, 1.165) is 0 Å². The van der Waals surface area contributed by atoms with E-state index < -0.39 is 0 Å². The van der Waals surface area contributed by atoms with Gasteiger partial charge in [0, 0.05) is 12.7 Å². The Bertz CT molecular complexity index is 425. The summed E-state index contributed by atoms with van der Waals surface area (Å²) in [5.74, 6) is -0.0419. The lowest BCUT2D eigenvalue weighted by atomic mass is 10.3. The first-order chi connectivity index (χ1) is 7.17. The van der Waals surface area contributed by atoms with Crippen molar-refractivity contribution >= 4 is 27.6 Å². The SMILES string of the molecule is CNC(=NC#N)Nc1ccc(F)c(Br)c1. The lowest BCUT2D eigenvalue weighted by Crippen LogP contribution is -2.26. The highest BCUT2D eigenvalue weighted by atomic mass is 79.9. The molecule has 0 aliphatic rings. The van der Waals surface area contributed by atoms with E-state index in [9.17, 15) is 4.39 Å². The zero-order valence-electron chi connectivity index (χ0n) is 7.88. The van der Waals surface area contributed by atoms with E-state index in [1.807, 2.05) is 0 Å². The predicted octanol–water partition coefficient (Wildman–Crippen LogP) is 2.06. The van der Waals surface area contributed by atoms with Crippen LogP contribution in [0.2, 0.25) is 0 Å². The molecule has 0 saturated heterocycles. The number of benzene rings is 1. The molecule has 0 bridgehead atoms. The fourth-order valence-electron chi connectivity index (χ4n) is 0.907. The monoisotopic (exact) mass is 270 g/mol. The van der Waals surface area contributed by atoms with Gasteiger partial charge in [0.2, 0.25) is 12.2 Å². The van der Waals surface area contributed by atoms with Gasteiger partial charge in [-0.25, -0.2) is 4.39 Å². The van der Waals surface area contributed by atoms with Crippen molar-refractivity contribution in [2.24, 2.45) is 4.99 Å². The van der Waals surface area contributed by atoms with Crippen LogP contribution in [-0.4, -0.2) is 13.0 Å². The summed E-state index contributed by atoms with van der Waals surface area (Å²) >= 11 is 3.06. The zero-order chi connectivity index (χ0) is 11.3. The van der Waals surface area contributed by atoms with Crippen molar-refractivity contribution in [2.45, 2.75) is 0 Å². The molecule has 0 spiro atoms. The second-order valence-electron chi connectivity index (χ2n) is 2.56. The average Bonchev–Trinajstić information content (AvgIpc) is 2.23. The Balaban J connectivity index is 2.86. The molecule has 0 fully saturated rings. The summed E-state index contributed by atoms with van der Waals surface area (Å²) in [7, 11) is 1.63. The Morgan fingerprint density at radius 2 is 2.33 bits per heavy atom. The van der Waals surface area contributed by atoms with Crippen LogP contribution in [0.25, 0.3) is 0 Å². The van der Waals surface area contributed by atoms with Gasteiger partial charge in [-0.05, 0) is 34.1 Å². The molecule has 78 valence electrons. The number of hydrogen-bond donors (Lipinski definition) is 2. The first-order valence-electron chi connectivity index (χ1n) is 4.04. The number of aliphatic imine (C=N–C) groups is 1. The maximum Gasteiger partial charge on any atom is 0.211 e. The molecule has 6 heteroatoms. The zero-order valence-corrected chi connectivity index (χ0v) is 9.47. The molecule has 1 aromatic rings. The molecule has 1 rings (SSSR count). The third kappa shape index (κ3) is 3.22. The van der Waals surface area contributed by atoms with Gasteiger partial charge in [0.1, 0.15) is 5.82 Å². The summed E-state index contributed by atoms with van der Waals surface area (Å²) in [4.78, 5) is 3.48. The summed E-state index contributed by atoms with van der Waals surface area (Å²) < 4.78 is 13.2. The van der Waals surface area contributed by atoms with E-state index in [0.29, 0.717) is 16.1 Å². The molecule has 0 heterocycles. The van der Waals surface area contributed by atoms with Crippen LogP contribution in [0.15, 0.2) is 27.7 Å². The van der Waals surface area contributed by atoms with E-state index in [-0.39, 0.29) is 5.82 Å². The number of halogens is 2. The molecule has 4 nitrogen and oxygen atoms in total. The summed E-state index contributed by atoms with van der Waals surface area (Å²) in [6, 6.07) is 4.41. The van der Waals surface area contributed by atoms with Crippen molar-refractivity contribution in [1.29, 1.82) is 5.26 Å². The Kier molecular flexibility index (Phi) is 4.06. The van der Waals surface area contributed by atoms with Crippen molar-refractivity contribution < 1.29 is 4.39 Å². The minimum absolute atomic E-state index is 0.302. The van der Waals surface area contributed by atoms with E-state index in [1.54, 1.807) is 25.4 Å². The molecule has 0 unspecified atom stereocenters. The highest BCUT2D eigenvalue weighted by Gasteiger charge is 2.01. The molecule has 0 atom stereocenters. The molecular weight excluding hydrogens is 263 g/mol. The normalized spacial score (nSPS) is 10.7. The van der Waals surface area contributed by atoms with Crippen molar-refractivity contribution in [3.05, 3.63) is 28.5 Å². The first kappa shape index (κ1) is 11.5. The van der Waals surface area contributed by atoms with Crippen LogP contribution in [-0.2, 0) is 0 Å². The summed E-state index contributed by atoms with van der Waals surface area (Å²) in [6.45, 7) is 0. The number of nitrogens with zero attached hydrogens (tertiary/aromatic N) is 2. The number of anilines is 1. The maximum absolute atomic E-state index is 12.9. The maximum atomic E-state index is 12.9. The van der Waals surface area contributed by atoms with Crippen LogP contribution < -0.4 is 10.6 Å². The Labute approximate surface area is 94.9 Å².